The number of benzene rings is 2. The monoisotopic (exact) mass is 298 g/mol. The summed E-state index contributed by atoms with van der Waals surface area (Å²) in [6, 6.07) is 11.2. The predicted molar refractivity (Wildman–Crippen MR) is 84.3 cm³/mol. The standard InChI is InChI=1S/C17H18N2O3/c1-11-3-5-14(7-12(11)2)19-17(20)18-9-13-4-6-15-16(8-13)22-10-21-15/h3-8H,9-10H2,1-2H3,(H2,18,19,20). The summed E-state index contributed by atoms with van der Waals surface area (Å²) in [6.45, 7) is 4.73. The van der Waals surface area contributed by atoms with Gasteiger partial charge in [0.15, 0.2) is 11.5 Å². The summed E-state index contributed by atoms with van der Waals surface area (Å²) in [5, 5.41) is 5.65. The molecule has 0 aromatic heterocycles. The first-order valence-electron chi connectivity index (χ1n) is 7.12. The van der Waals surface area contributed by atoms with Gasteiger partial charge < -0.3 is 20.1 Å². The number of hydrogen-bond donors (Lipinski definition) is 2. The fourth-order valence-corrected chi connectivity index (χ4v) is 2.23. The van der Waals surface area contributed by atoms with Crippen LogP contribution in [0.3, 0.4) is 0 Å². The van der Waals surface area contributed by atoms with Crippen LogP contribution in [0, 0.1) is 13.8 Å². The number of ether oxygens (including phenoxy) is 2. The number of carbonyl (C=O) groups excluding carboxylic acids is 1. The second-order valence-corrected chi connectivity index (χ2v) is 5.29. The molecular formula is C17H18N2O3. The molecule has 3 rings (SSSR count). The lowest BCUT2D eigenvalue weighted by molar-refractivity contribution is 0.174. The largest absolute Gasteiger partial charge is 0.454 e. The Morgan fingerprint density at radius 1 is 1.05 bits per heavy atom. The van der Waals surface area contributed by atoms with E-state index in [0.717, 1.165) is 22.6 Å². The highest BCUT2D eigenvalue weighted by molar-refractivity contribution is 5.89. The van der Waals surface area contributed by atoms with E-state index in [1.807, 2.05) is 50.2 Å². The number of urea groups is 1. The van der Waals surface area contributed by atoms with Crippen LogP contribution < -0.4 is 20.1 Å². The average Bonchev–Trinajstić information content (AvgIpc) is 2.96. The summed E-state index contributed by atoms with van der Waals surface area (Å²) >= 11 is 0. The molecule has 1 aliphatic heterocycles. The van der Waals surface area contributed by atoms with E-state index in [9.17, 15) is 4.79 Å². The molecule has 5 heteroatoms. The molecule has 0 aliphatic carbocycles. The number of anilines is 1. The molecule has 0 fully saturated rings. The normalized spacial score (nSPS) is 12.1. The number of hydrogen-bond acceptors (Lipinski definition) is 3. The molecule has 2 aromatic rings. The fraction of sp³-hybridized carbons (Fsp3) is 0.235. The molecule has 22 heavy (non-hydrogen) atoms. The molecule has 2 aromatic carbocycles. The van der Waals surface area contributed by atoms with Crippen LogP contribution in [0.15, 0.2) is 36.4 Å². The first-order chi connectivity index (χ1) is 10.6. The number of fused-ring (bicyclic) bond motifs is 1. The van der Waals surface area contributed by atoms with Gasteiger partial charge in [0.25, 0.3) is 0 Å². The lowest BCUT2D eigenvalue weighted by atomic mass is 10.1. The van der Waals surface area contributed by atoms with Crippen molar-refractivity contribution in [1.29, 1.82) is 0 Å². The van der Waals surface area contributed by atoms with Gasteiger partial charge in [0.1, 0.15) is 0 Å². The third-order valence-corrected chi connectivity index (χ3v) is 3.65. The number of amides is 2. The average molecular weight is 298 g/mol. The molecule has 0 bridgehead atoms. The molecule has 1 aliphatic rings. The van der Waals surface area contributed by atoms with Gasteiger partial charge in [0.2, 0.25) is 6.79 Å². The Bertz CT molecular complexity index is 713. The SMILES string of the molecule is Cc1ccc(NC(=O)NCc2ccc3c(c2)OCO3)cc1C. The number of rotatable bonds is 3. The van der Waals surface area contributed by atoms with E-state index >= 15 is 0 Å². The van der Waals surface area contributed by atoms with E-state index in [-0.39, 0.29) is 12.8 Å². The topological polar surface area (TPSA) is 59.6 Å². The maximum absolute atomic E-state index is 11.9. The molecule has 0 saturated heterocycles. The Labute approximate surface area is 129 Å². The molecule has 0 radical (unpaired) electrons. The second-order valence-electron chi connectivity index (χ2n) is 5.29. The highest BCUT2D eigenvalue weighted by Gasteiger charge is 2.13. The molecule has 114 valence electrons. The number of carbonyl (C=O) groups is 1. The Balaban J connectivity index is 1.57. The van der Waals surface area contributed by atoms with E-state index in [1.165, 1.54) is 5.56 Å². The van der Waals surface area contributed by atoms with Crippen LogP contribution in [-0.4, -0.2) is 12.8 Å². The molecule has 0 spiro atoms. The molecule has 0 saturated carbocycles. The number of aryl methyl sites for hydroxylation is 2. The zero-order valence-electron chi connectivity index (χ0n) is 12.6. The highest BCUT2D eigenvalue weighted by Crippen LogP contribution is 2.32. The van der Waals surface area contributed by atoms with Gasteiger partial charge in [0, 0.05) is 12.2 Å². The van der Waals surface area contributed by atoms with Crippen molar-refractivity contribution in [3.05, 3.63) is 53.1 Å². The van der Waals surface area contributed by atoms with E-state index in [1.54, 1.807) is 0 Å². The lowest BCUT2D eigenvalue weighted by Gasteiger charge is -2.09. The van der Waals surface area contributed by atoms with Crippen molar-refractivity contribution in [2.75, 3.05) is 12.1 Å². The Hall–Kier alpha value is -2.69. The van der Waals surface area contributed by atoms with Gasteiger partial charge in [-0.15, -0.1) is 0 Å². The third kappa shape index (κ3) is 3.14. The van der Waals surface area contributed by atoms with Crippen LogP contribution in [0.2, 0.25) is 0 Å². The molecule has 0 atom stereocenters. The van der Waals surface area contributed by atoms with Gasteiger partial charge in [-0.25, -0.2) is 4.79 Å². The minimum atomic E-state index is -0.235. The van der Waals surface area contributed by atoms with Crippen LogP contribution in [-0.2, 0) is 6.54 Å². The zero-order chi connectivity index (χ0) is 15.5. The molecule has 1 heterocycles. The summed E-state index contributed by atoms with van der Waals surface area (Å²) in [5.74, 6) is 1.46. The molecule has 2 amide bonds. The van der Waals surface area contributed by atoms with Crippen LogP contribution in [0.5, 0.6) is 11.5 Å². The maximum Gasteiger partial charge on any atom is 0.319 e. The maximum atomic E-state index is 11.9. The fourth-order valence-electron chi connectivity index (χ4n) is 2.23. The highest BCUT2D eigenvalue weighted by atomic mass is 16.7. The summed E-state index contributed by atoms with van der Waals surface area (Å²) in [6.07, 6.45) is 0. The zero-order valence-corrected chi connectivity index (χ0v) is 12.6. The van der Waals surface area contributed by atoms with Gasteiger partial charge in [-0.1, -0.05) is 12.1 Å². The van der Waals surface area contributed by atoms with E-state index in [4.69, 9.17) is 9.47 Å². The molecule has 0 unspecified atom stereocenters. The van der Waals surface area contributed by atoms with Crippen LogP contribution in [0.4, 0.5) is 10.5 Å². The quantitative estimate of drug-likeness (QED) is 0.913. The van der Waals surface area contributed by atoms with E-state index < -0.39 is 0 Å². The molecule has 5 nitrogen and oxygen atoms in total. The van der Waals surface area contributed by atoms with Gasteiger partial charge in [-0.05, 0) is 54.8 Å². The number of nitrogens with one attached hydrogen (secondary N) is 2. The van der Waals surface area contributed by atoms with Crippen LogP contribution in [0.25, 0.3) is 0 Å². The van der Waals surface area contributed by atoms with Crippen molar-refractivity contribution in [3.8, 4) is 11.5 Å². The van der Waals surface area contributed by atoms with Crippen LogP contribution in [0.1, 0.15) is 16.7 Å². The summed E-state index contributed by atoms with van der Waals surface area (Å²) in [7, 11) is 0. The summed E-state index contributed by atoms with van der Waals surface area (Å²) in [5.41, 5.74) is 4.09. The minimum Gasteiger partial charge on any atom is -0.454 e. The lowest BCUT2D eigenvalue weighted by Crippen LogP contribution is -2.28. The molecule has 2 N–H and O–H groups in total. The van der Waals surface area contributed by atoms with Crippen molar-refractivity contribution in [3.63, 3.8) is 0 Å². The Morgan fingerprint density at radius 3 is 2.68 bits per heavy atom. The smallest absolute Gasteiger partial charge is 0.319 e. The van der Waals surface area contributed by atoms with Gasteiger partial charge in [-0.2, -0.15) is 0 Å². The Kier molecular flexibility index (Phi) is 3.87. The minimum absolute atomic E-state index is 0.235. The molecular weight excluding hydrogens is 280 g/mol. The predicted octanol–water partition coefficient (Wildman–Crippen LogP) is 3.35. The van der Waals surface area contributed by atoms with Gasteiger partial charge in [-0.3, -0.25) is 0 Å². The van der Waals surface area contributed by atoms with Crippen molar-refractivity contribution >= 4 is 11.7 Å². The van der Waals surface area contributed by atoms with Crippen molar-refractivity contribution in [1.82, 2.24) is 5.32 Å². The van der Waals surface area contributed by atoms with Gasteiger partial charge in [0.05, 0.1) is 0 Å². The first kappa shape index (κ1) is 14.3. The first-order valence-corrected chi connectivity index (χ1v) is 7.12. The Morgan fingerprint density at radius 2 is 1.86 bits per heavy atom. The second kappa shape index (κ2) is 5.97. The van der Waals surface area contributed by atoms with Crippen molar-refractivity contribution < 1.29 is 14.3 Å². The van der Waals surface area contributed by atoms with Crippen molar-refractivity contribution in [2.45, 2.75) is 20.4 Å². The van der Waals surface area contributed by atoms with Gasteiger partial charge >= 0.3 is 6.03 Å². The third-order valence-electron chi connectivity index (χ3n) is 3.65. The van der Waals surface area contributed by atoms with E-state index in [0.29, 0.717) is 12.3 Å². The van der Waals surface area contributed by atoms with Crippen molar-refractivity contribution in [2.24, 2.45) is 0 Å². The summed E-state index contributed by atoms with van der Waals surface area (Å²) < 4.78 is 10.6. The van der Waals surface area contributed by atoms with Crippen LogP contribution >= 0.6 is 0 Å². The summed E-state index contributed by atoms with van der Waals surface area (Å²) in [4.78, 5) is 11.9. The van der Waals surface area contributed by atoms with E-state index in [2.05, 4.69) is 10.6 Å².